The largest absolute Gasteiger partial charge is 0.389 e. The van der Waals surface area contributed by atoms with Crippen LogP contribution in [-0.4, -0.2) is 41.5 Å². The Balaban J connectivity index is 1.46. The molecule has 130 valence electrons. The molecule has 0 radical (unpaired) electrons. The van der Waals surface area contributed by atoms with Gasteiger partial charge in [-0.05, 0) is 44.4 Å². The Labute approximate surface area is 143 Å². The molecule has 1 aromatic heterocycles. The normalized spacial score (nSPS) is 18.6. The molecule has 2 aromatic rings. The minimum Gasteiger partial charge on any atom is -0.389 e. The summed E-state index contributed by atoms with van der Waals surface area (Å²) in [4.78, 5) is 2.03. The van der Waals surface area contributed by atoms with Crippen LogP contribution in [0.25, 0.3) is 0 Å². The zero-order valence-corrected chi connectivity index (χ0v) is 14.4. The van der Waals surface area contributed by atoms with Crippen LogP contribution >= 0.6 is 0 Å². The molecule has 1 aromatic carbocycles. The molecule has 1 aliphatic rings. The Morgan fingerprint density at radius 1 is 1.42 bits per heavy atom. The first-order valence-corrected chi connectivity index (χ1v) is 8.60. The molecule has 0 spiro atoms. The predicted molar refractivity (Wildman–Crippen MR) is 91.7 cm³/mol. The van der Waals surface area contributed by atoms with Crippen LogP contribution in [0.1, 0.15) is 41.5 Å². The van der Waals surface area contributed by atoms with E-state index in [0.717, 1.165) is 30.7 Å². The number of likely N-dealkylation sites (N-methyl/N-ethyl adjacent to an activating group) is 1. The summed E-state index contributed by atoms with van der Waals surface area (Å²) in [7, 11) is 1.96. The lowest BCUT2D eigenvalue weighted by molar-refractivity contribution is -0.0267. The maximum Gasteiger partial charge on any atom is 0.133 e. The van der Waals surface area contributed by atoms with Gasteiger partial charge in [-0.2, -0.15) is 0 Å². The summed E-state index contributed by atoms with van der Waals surface area (Å²) in [6.07, 6.45) is 2.88. The minimum absolute atomic E-state index is 0.105. The fourth-order valence-electron chi connectivity index (χ4n) is 3.36. The zero-order chi connectivity index (χ0) is 16.9. The van der Waals surface area contributed by atoms with E-state index in [1.165, 1.54) is 11.1 Å². The number of hydrogen-bond acceptors (Lipinski definition) is 5. The Hall–Kier alpha value is -1.69. The Morgan fingerprint density at radius 2 is 2.25 bits per heavy atom. The summed E-state index contributed by atoms with van der Waals surface area (Å²) in [6, 6.07) is 10.4. The van der Waals surface area contributed by atoms with Gasteiger partial charge in [-0.25, -0.2) is 0 Å². The van der Waals surface area contributed by atoms with Crippen LogP contribution < -0.4 is 0 Å². The van der Waals surface area contributed by atoms with Crippen molar-refractivity contribution in [2.24, 2.45) is 0 Å². The second-order valence-corrected chi connectivity index (χ2v) is 6.69. The molecule has 3 rings (SSSR count). The Bertz CT molecular complexity index is 656. The van der Waals surface area contributed by atoms with Crippen molar-refractivity contribution in [1.29, 1.82) is 0 Å². The van der Waals surface area contributed by atoms with Crippen molar-refractivity contribution in [2.45, 2.75) is 44.9 Å². The highest BCUT2D eigenvalue weighted by Gasteiger charge is 2.21. The van der Waals surface area contributed by atoms with E-state index in [0.29, 0.717) is 19.7 Å². The average Bonchev–Trinajstić information content (AvgIpc) is 2.97. The van der Waals surface area contributed by atoms with E-state index in [4.69, 9.17) is 9.26 Å². The van der Waals surface area contributed by atoms with Gasteiger partial charge in [0.25, 0.3) is 0 Å². The molecule has 24 heavy (non-hydrogen) atoms. The van der Waals surface area contributed by atoms with Gasteiger partial charge in [0.15, 0.2) is 0 Å². The molecule has 1 aliphatic carbocycles. The second kappa shape index (κ2) is 7.92. The maximum absolute atomic E-state index is 10.3. The number of fused-ring (bicyclic) bond motifs is 1. The topological polar surface area (TPSA) is 58.7 Å². The summed E-state index contributed by atoms with van der Waals surface area (Å²) in [6.45, 7) is 3.42. The second-order valence-electron chi connectivity index (χ2n) is 6.69. The lowest BCUT2D eigenvalue weighted by atomic mass is 9.89. The molecule has 2 atom stereocenters. The van der Waals surface area contributed by atoms with Gasteiger partial charge in [0.2, 0.25) is 0 Å². The highest BCUT2D eigenvalue weighted by molar-refractivity contribution is 5.31. The van der Waals surface area contributed by atoms with Crippen LogP contribution in [0.2, 0.25) is 0 Å². The number of aromatic nitrogens is 1. The van der Waals surface area contributed by atoms with E-state index in [2.05, 4.69) is 29.4 Å². The fourth-order valence-corrected chi connectivity index (χ4v) is 3.36. The third-order valence-electron chi connectivity index (χ3n) is 4.44. The number of benzene rings is 1. The molecule has 5 nitrogen and oxygen atoms in total. The molecule has 0 fully saturated rings. The first-order chi connectivity index (χ1) is 11.6. The summed E-state index contributed by atoms with van der Waals surface area (Å²) in [5.41, 5.74) is 3.54. The van der Waals surface area contributed by atoms with Gasteiger partial charge in [0, 0.05) is 19.2 Å². The van der Waals surface area contributed by atoms with Crippen molar-refractivity contribution in [3.05, 3.63) is 52.9 Å². The number of hydrogen-bond donors (Lipinski definition) is 1. The molecule has 0 amide bonds. The van der Waals surface area contributed by atoms with E-state index >= 15 is 0 Å². The quantitative estimate of drug-likeness (QED) is 0.846. The van der Waals surface area contributed by atoms with Gasteiger partial charge in [-0.1, -0.05) is 29.4 Å². The molecule has 1 heterocycles. The van der Waals surface area contributed by atoms with E-state index in [1.807, 2.05) is 24.9 Å². The van der Waals surface area contributed by atoms with Crippen molar-refractivity contribution in [3.8, 4) is 0 Å². The predicted octanol–water partition coefficient (Wildman–Crippen LogP) is 2.87. The standard InChI is InChI=1S/C19H26N2O3/c1-14-10-16(20-24-14)11-21(2)12-17(22)13-23-19-9-5-7-15-6-3-4-8-18(15)19/h3-4,6,8,10,17,19,22H,5,7,9,11-13H2,1-2H3. The number of aryl methyl sites for hydroxylation is 2. The summed E-state index contributed by atoms with van der Waals surface area (Å²) in [5.74, 6) is 0.804. The number of nitrogens with zero attached hydrogens (tertiary/aromatic N) is 2. The average molecular weight is 330 g/mol. The molecule has 1 N–H and O–H groups in total. The Morgan fingerprint density at radius 3 is 3.04 bits per heavy atom. The molecular formula is C19H26N2O3. The van der Waals surface area contributed by atoms with Crippen LogP contribution in [0.4, 0.5) is 0 Å². The van der Waals surface area contributed by atoms with Crippen LogP contribution in [-0.2, 0) is 17.7 Å². The maximum atomic E-state index is 10.3. The number of aliphatic hydroxyl groups is 1. The van der Waals surface area contributed by atoms with E-state index in [9.17, 15) is 5.11 Å². The Kier molecular flexibility index (Phi) is 5.66. The van der Waals surface area contributed by atoms with Crippen molar-refractivity contribution >= 4 is 0 Å². The molecule has 2 unspecified atom stereocenters. The van der Waals surface area contributed by atoms with Gasteiger partial charge in [-0.15, -0.1) is 0 Å². The third-order valence-corrected chi connectivity index (χ3v) is 4.44. The monoisotopic (exact) mass is 330 g/mol. The van der Waals surface area contributed by atoms with Crippen LogP contribution in [0.15, 0.2) is 34.9 Å². The summed E-state index contributed by atoms with van der Waals surface area (Å²) < 4.78 is 11.1. The highest BCUT2D eigenvalue weighted by atomic mass is 16.5. The zero-order valence-electron chi connectivity index (χ0n) is 14.4. The lowest BCUT2D eigenvalue weighted by Crippen LogP contribution is -2.32. The molecule has 0 bridgehead atoms. The molecule has 0 saturated heterocycles. The minimum atomic E-state index is -0.517. The van der Waals surface area contributed by atoms with Crippen LogP contribution in [0.5, 0.6) is 0 Å². The van der Waals surface area contributed by atoms with Gasteiger partial charge in [-0.3, -0.25) is 4.90 Å². The van der Waals surface area contributed by atoms with Crippen LogP contribution in [0.3, 0.4) is 0 Å². The summed E-state index contributed by atoms with van der Waals surface area (Å²) >= 11 is 0. The lowest BCUT2D eigenvalue weighted by Gasteiger charge is -2.27. The van der Waals surface area contributed by atoms with Gasteiger partial charge >= 0.3 is 0 Å². The highest BCUT2D eigenvalue weighted by Crippen LogP contribution is 2.32. The number of aliphatic hydroxyl groups excluding tert-OH is 1. The van der Waals surface area contributed by atoms with Crippen molar-refractivity contribution in [2.75, 3.05) is 20.2 Å². The molecule has 5 heteroatoms. The number of ether oxygens (including phenoxy) is 1. The SMILES string of the molecule is Cc1cc(CN(C)CC(O)COC2CCCc3ccccc32)no1. The van der Waals surface area contributed by atoms with E-state index in [1.54, 1.807) is 0 Å². The van der Waals surface area contributed by atoms with Crippen molar-refractivity contribution in [1.82, 2.24) is 10.1 Å². The molecule has 0 saturated carbocycles. The molecular weight excluding hydrogens is 304 g/mol. The van der Waals surface area contributed by atoms with Crippen molar-refractivity contribution < 1.29 is 14.4 Å². The van der Waals surface area contributed by atoms with Crippen LogP contribution in [0, 0.1) is 6.92 Å². The van der Waals surface area contributed by atoms with Gasteiger partial charge in [0.05, 0.1) is 24.5 Å². The fraction of sp³-hybridized carbons (Fsp3) is 0.526. The van der Waals surface area contributed by atoms with E-state index < -0.39 is 6.10 Å². The number of rotatable bonds is 7. The molecule has 0 aliphatic heterocycles. The first kappa shape index (κ1) is 17.1. The third kappa shape index (κ3) is 4.44. The van der Waals surface area contributed by atoms with E-state index in [-0.39, 0.29) is 6.10 Å². The smallest absolute Gasteiger partial charge is 0.133 e. The van der Waals surface area contributed by atoms with Gasteiger partial charge in [0.1, 0.15) is 5.76 Å². The summed E-state index contributed by atoms with van der Waals surface area (Å²) in [5, 5.41) is 14.2. The van der Waals surface area contributed by atoms with Crippen molar-refractivity contribution in [3.63, 3.8) is 0 Å². The van der Waals surface area contributed by atoms with Gasteiger partial charge < -0.3 is 14.4 Å². The first-order valence-electron chi connectivity index (χ1n) is 8.60.